The van der Waals surface area contributed by atoms with Crippen LogP contribution in [0.25, 0.3) is 10.2 Å². The molecule has 0 saturated heterocycles. The number of thiazole rings is 1. The number of methoxy groups -OCH3 is 1. The number of fused-ring (bicyclic) bond motifs is 1. The molecule has 1 heterocycles. The molecule has 0 fully saturated rings. The minimum atomic E-state index is -0.627. The van der Waals surface area contributed by atoms with Crippen LogP contribution < -0.4 is 14.8 Å². The minimum Gasteiger partial charge on any atom is -0.496 e. The number of nitrogens with zero attached hydrogens (tertiary/aromatic N) is 2. The number of hydrogen-bond donors (Lipinski definition) is 1. The summed E-state index contributed by atoms with van der Waals surface area (Å²) in [6.45, 7) is -0.447. The number of anilines is 1. The Morgan fingerprint density at radius 3 is 2.88 bits per heavy atom. The fraction of sp³-hybridized carbons (Fsp3) is 0.125. The van der Waals surface area contributed by atoms with E-state index in [1.54, 1.807) is 0 Å². The summed E-state index contributed by atoms with van der Waals surface area (Å²) in [7, 11) is 1.39. The summed E-state index contributed by atoms with van der Waals surface area (Å²) in [6, 6.07) is 8.15. The van der Waals surface area contributed by atoms with E-state index in [0.29, 0.717) is 16.0 Å². The molecule has 0 aliphatic heterocycles. The van der Waals surface area contributed by atoms with Crippen molar-refractivity contribution in [2.24, 2.45) is 0 Å². The average Bonchev–Trinajstić information content (AvgIpc) is 3.00. The summed E-state index contributed by atoms with van der Waals surface area (Å²) in [6.07, 6.45) is 0. The summed E-state index contributed by atoms with van der Waals surface area (Å²) in [5.41, 5.74) is 0.242. The first-order chi connectivity index (χ1) is 12.5. The van der Waals surface area contributed by atoms with Gasteiger partial charge in [0, 0.05) is 0 Å². The van der Waals surface area contributed by atoms with Crippen LogP contribution in [0.1, 0.15) is 0 Å². The Kier molecular flexibility index (Phi) is 4.94. The lowest BCUT2D eigenvalue weighted by Gasteiger charge is -2.07. The Balaban J connectivity index is 1.67. The lowest BCUT2D eigenvalue weighted by atomic mass is 10.3. The second-order valence-electron chi connectivity index (χ2n) is 5.06. The van der Waals surface area contributed by atoms with E-state index in [0.717, 1.165) is 11.3 Å². The third-order valence-corrected chi connectivity index (χ3v) is 4.25. The first-order valence-corrected chi connectivity index (χ1v) is 8.09. The second-order valence-corrected chi connectivity index (χ2v) is 6.09. The van der Waals surface area contributed by atoms with E-state index in [2.05, 4.69) is 10.3 Å². The summed E-state index contributed by atoms with van der Waals surface area (Å²) < 4.78 is 23.9. The average molecular weight is 377 g/mol. The van der Waals surface area contributed by atoms with E-state index >= 15 is 0 Å². The number of rotatable bonds is 6. The van der Waals surface area contributed by atoms with Crippen LogP contribution in [-0.4, -0.2) is 29.5 Å². The van der Waals surface area contributed by atoms with Crippen LogP contribution in [-0.2, 0) is 4.79 Å². The van der Waals surface area contributed by atoms with E-state index < -0.39 is 23.3 Å². The molecule has 10 heteroatoms. The Hall–Kier alpha value is -3.27. The van der Waals surface area contributed by atoms with Crippen LogP contribution in [0, 0.1) is 15.9 Å². The van der Waals surface area contributed by atoms with Gasteiger partial charge in [0.05, 0.1) is 28.3 Å². The molecule has 2 aromatic carbocycles. The number of benzene rings is 2. The molecule has 0 unspecified atom stereocenters. The fourth-order valence-corrected chi connectivity index (χ4v) is 3.05. The summed E-state index contributed by atoms with van der Waals surface area (Å²) in [4.78, 5) is 26.6. The van der Waals surface area contributed by atoms with E-state index in [9.17, 15) is 19.3 Å². The van der Waals surface area contributed by atoms with Crippen molar-refractivity contribution in [1.82, 2.24) is 4.98 Å². The third-order valence-electron chi connectivity index (χ3n) is 3.32. The molecule has 0 saturated carbocycles. The lowest BCUT2D eigenvalue weighted by Crippen LogP contribution is -2.20. The van der Waals surface area contributed by atoms with Crippen LogP contribution in [0.5, 0.6) is 11.5 Å². The van der Waals surface area contributed by atoms with E-state index in [4.69, 9.17) is 9.47 Å². The zero-order valence-electron chi connectivity index (χ0n) is 13.4. The molecular weight excluding hydrogens is 365 g/mol. The molecule has 26 heavy (non-hydrogen) atoms. The number of nitrogens with one attached hydrogen (secondary N) is 1. The van der Waals surface area contributed by atoms with Gasteiger partial charge in [-0.15, -0.1) is 0 Å². The van der Waals surface area contributed by atoms with Gasteiger partial charge in [-0.3, -0.25) is 20.2 Å². The topological polar surface area (TPSA) is 104 Å². The van der Waals surface area contributed by atoms with Crippen LogP contribution in [0.2, 0.25) is 0 Å². The Morgan fingerprint density at radius 2 is 2.15 bits per heavy atom. The number of hydrogen-bond acceptors (Lipinski definition) is 7. The van der Waals surface area contributed by atoms with Crippen molar-refractivity contribution >= 4 is 38.3 Å². The van der Waals surface area contributed by atoms with Crippen molar-refractivity contribution in [2.75, 3.05) is 19.0 Å². The Bertz CT molecular complexity index is 991. The number of carbonyl (C=O) groups is 1. The number of ether oxygens (including phenoxy) is 2. The zero-order valence-corrected chi connectivity index (χ0v) is 14.2. The highest BCUT2D eigenvalue weighted by atomic mass is 32.1. The standard InChI is InChI=1S/C16H12FN3O5S/c1-24-10-3-5-13(12(7-10)20(22)23)25-8-15(21)19-16-18-11-4-2-9(17)6-14(11)26-16/h2-7H,8H2,1H3,(H,18,19,21). The van der Waals surface area contributed by atoms with Gasteiger partial charge >= 0.3 is 5.69 Å². The minimum absolute atomic E-state index is 0.0580. The molecule has 1 amide bonds. The molecule has 1 aromatic heterocycles. The molecule has 134 valence electrons. The van der Waals surface area contributed by atoms with Crippen LogP contribution >= 0.6 is 11.3 Å². The van der Waals surface area contributed by atoms with Crippen LogP contribution in [0.15, 0.2) is 36.4 Å². The monoisotopic (exact) mass is 377 g/mol. The van der Waals surface area contributed by atoms with E-state index in [1.165, 1.54) is 43.5 Å². The molecule has 3 aromatic rings. The fourth-order valence-electron chi connectivity index (χ4n) is 2.14. The predicted octanol–water partition coefficient (Wildman–Crippen LogP) is 3.37. The first kappa shape index (κ1) is 17.5. The molecule has 0 atom stereocenters. The van der Waals surface area contributed by atoms with Crippen molar-refractivity contribution in [3.8, 4) is 11.5 Å². The summed E-state index contributed by atoms with van der Waals surface area (Å²) >= 11 is 1.11. The van der Waals surface area contributed by atoms with Gasteiger partial charge in [0.25, 0.3) is 5.91 Å². The SMILES string of the molecule is COc1ccc(OCC(=O)Nc2nc3ccc(F)cc3s2)c([N+](=O)[O-])c1. The molecule has 0 aliphatic carbocycles. The van der Waals surface area contributed by atoms with Crippen molar-refractivity contribution < 1.29 is 23.6 Å². The number of nitro groups is 1. The van der Waals surface area contributed by atoms with Crippen LogP contribution in [0.3, 0.4) is 0 Å². The maximum atomic E-state index is 13.2. The summed E-state index contributed by atoms with van der Waals surface area (Å²) in [5.74, 6) is -0.698. The maximum absolute atomic E-state index is 13.2. The van der Waals surface area contributed by atoms with Gasteiger partial charge in [-0.05, 0) is 30.3 Å². The quantitative estimate of drug-likeness (QED) is 0.522. The van der Waals surface area contributed by atoms with Gasteiger partial charge in [0.2, 0.25) is 0 Å². The molecule has 8 nitrogen and oxygen atoms in total. The molecule has 0 spiro atoms. The molecule has 0 radical (unpaired) electrons. The molecule has 0 aliphatic rings. The van der Waals surface area contributed by atoms with Gasteiger partial charge in [0.15, 0.2) is 17.5 Å². The van der Waals surface area contributed by atoms with Crippen molar-refractivity contribution in [1.29, 1.82) is 0 Å². The van der Waals surface area contributed by atoms with Gasteiger partial charge in [-0.25, -0.2) is 9.37 Å². The smallest absolute Gasteiger partial charge is 0.314 e. The largest absolute Gasteiger partial charge is 0.496 e. The molecule has 0 bridgehead atoms. The number of halogens is 1. The van der Waals surface area contributed by atoms with E-state index in [-0.39, 0.29) is 16.6 Å². The van der Waals surface area contributed by atoms with Gasteiger partial charge in [0.1, 0.15) is 11.6 Å². The van der Waals surface area contributed by atoms with Crippen molar-refractivity contribution in [3.63, 3.8) is 0 Å². The van der Waals surface area contributed by atoms with Crippen molar-refractivity contribution in [2.45, 2.75) is 0 Å². The lowest BCUT2D eigenvalue weighted by molar-refractivity contribution is -0.385. The highest BCUT2D eigenvalue weighted by Gasteiger charge is 2.18. The number of aromatic nitrogens is 1. The normalized spacial score (nSPS) is 10.5. The van der Waals surface area contributed by atoms with Crippen LogP contribution in [0.4, 0.5) is 15.2 Å². The molecular formula is C16H12FN3O5S. The predicted molar refractivity (Wildman–Crippen MR) is 93.4 cm³/mol. The first-order valence-electron chi connectivity index (χ1n) is 7.27. The third kappa shape index (κ3) is 3.86. The Morgan fingerprint density at radius 1 is 1.35 bits per heavy atom. The zero-order chi connectivity index (χ0) is 18.7. The van der Waals surface area contributed by atoms with Gasteiger partial charge < -0.3 is 9.47 Å². The number of amides is 1. The highest BCUT2D eigenvalue weighted by molar-refractivity contribution is 7.22. The maximum Gasteiger partial charge on any atom is 0.314 e. The Labute approximate surface area is 150 Å². The van der Waals surface area contributed by atoms with Gasteiger partial charge in [-0.1, -0.05) is 11.3 Å². The highest BCUT2D eigenvalue weighted by Crippen LogP contribution is 2.31. The molecule has 3 rings (SSSR count). The number of carbonyl (C=O) groups excluding carboxylic acids is 1. The van der Waals surface area contributed by atoms with E-state index in [1.807, 2.05) is 0 Å². The molecule has 1 N–H and O–H groups in total. The number of nitro benzene ring substituents is 1. The van der Waals surface area contributed by atoms with Gasteiger partial charge in [-0.2, -0.15) is 0 Å². The van der Waals surface area contributed by atoms with Crippen molar-refractivity contribution in [3.05, 3.63) is 52.3 Å². The summed E-state index contributed by atoms with van der Waals surface area (Å²) in [5, 5.41) is 13.9. The second kappa shape index (κ2) is 7.31.